The number of carbonyl (C=O) groups is 1. The molecule has 3 aliphatic heterocycles. The van der Waals surface area contributed by atoms with Crippen molar-refractivity contribution in [3.63, 3.8) is 0 Å². The van der Waals surface area contributed by atoms with E-state index in [-0.39, 0.29) is 24.1 Å². The number of amidine groups is 1. The molecule has 6 rings (SSSR count). The lowest BCUT2D eigenvalue weighted by Gasteiger charge is -2.48. The van der Waals surface area contributed by atoms with Gasteiger partial charge in [-0.1, -0.05) is 42.5 Å². The maximum atomic E-state index is 12.4. The monoisotopic (exact) mass is 569 g/mol. The summed E-state index contributed by atoms with van der Waals surface area (Å²) in [6.45, 7) is 8.84. The van der Waals surface area contributed by atoms with Crippen LogP contribution in [-0.4, -0.2) is 107 Å². The van der Waals surface area contributed by atoms with E-state index in [0.717, 1.165) is 47.4 Å². The Hall–Kier alpha value is -4.06. The van der Waals surface area contributed by atoms with Crippen molar-refractivity contribution in [2.45, 2.75) is 38.6 Å². The van der Waals surface area contributed by atoms with E-state index in [1.807, 2.05) is 32.8 Å². The lowest BCUT2D eigenvalue weighted by atomic mass is 10.0. The first-order chi connectivity index (χ1) is 20.4. The van der Waals surface area contributed by atoms with E-state index < -0.39 is 0 Å². The third-order valence-electron chi connectivity index (χ3n) is 8.50. The number of likely N-dealkylation sites (N-methyl/N-ethyl adjacent to an activating group) is 1. The van der Waals surface area contributed by atoms with Gasteiger partial charge in [0.2, 0.25) is 5.91 Å². The number of allylic oxidation sites excluding steroid dienone is 1. The molecular formula is C31H39N9O2. The quantitative estimate of drug-likeness (QED) is 0.447. The highest BCUT2D eigenvalue weighted by molar-refractivity contribution is 6.07. The van der Waals surface area contributed by atoms with Gasteiger partial charge in [0.15, 0.2) is 5.84 Å². The van der Waals surface area contributed by atoms with Gasteiger partial charge < -0.3 is 20.7 Å². The summed E-state index contributed by atoms with van der Waals surface area (Å²) >= 11 is 0. The van der Waals surface area contributed by atoms with Crippen LogP contribution in [0.4, 0.5) is 0 Å². The van der Waals surface area contributed by atoms with Crippen LogP contribution in [0.25, 0.3) is 16.5 Å². The molecule has 0 radical (unpaired) electrons. The number of morpholine rings is 1. The minimum atomic E-state index is -0.0843. The van der Waals surface area contributed by atoms with Crippen molar-refractivity contribution in [3.8, 4) is 0 Å². The van der Waals surface area contributed by atoms with Crippen LogP contribution >= 0.6 is 0 Å². The molecule has 2 saturated heterocycles. The van der Waals surface area contributed by atoms with Gasteiger partial charge in [0.1, 0.15) is 12.0 Å². The number of fused-ring (bicyclic) bond motifs is 2. The van der Waals surface area contributed by atoms with Crippen molar-refractivity contribution in [3.05, 3.63) is 71.6 Å². The smallest absolute Gasteiger partial charge is 0.236 e. The molecule has 4 heterocycles. The van der Waals surface area contributed by atoms with E-state index in [9.17, 15) is 4.79 Å². The van der Waals surface area contributed by atoms with Crippen LogP contribution < -0.4 is 11.1 Å². The van der Waals surface area contributed by atoms with Gasteiger partial charge in [0.05, 0.1) is 43.4 Å². The van der Waals surface area contributed by atoms with Gasteiger partial charge in [0.25, 0.3) is 0 Å². The van der Waals surface area contributed by atoms with Gasteiger partial charge in [-0.15, -0.1) is 0 Å². The Labute approximate surface area is 246 Å². The van der Waals surface area contributed by atoms with Gasteiger partial charge in [-0.05, 0) is 43.7 Å². The molecule has 0 bridgehead atoms. The fourth-order valence-corrected chi connectivity index (χ4v) is 6.09. The highest BCUT2D eigenvalue weighted by Crippen LogP contribution is 2.30. The highest BCUT2D eigenvalue weighted by Gasteiger charge is 2.39. The number of rotatable bonds is 7. The molecule has 3 aromatic rings. The standard InChI is InChI=1S/C31H39N9O2/c1-21(24-9-10-25-16-39(36-27(25)13-24)15-23-7-5-4-6-8-23)30-31(32)34-20-35-40(30)22(2)28-18-37-11-12-38(29(41)14-33-3)17-26(37)19-42-28/h4-10,13,16,20,22,26,28,33H,11-12,14-15,17-19H2,1-3H3,(H2,32,34,35)/b30-21+. The van der Waals surface area contributed by atoms with Gasteiger partial charge in [-0.3, -0.25) is 19.4 Å². The van der Waals surface area contributed by atoms with E-state index in [2.05, 4.69) is 70.7 Å². The zero-order valence-electron chi connectivity index (χ0n) is 24.5. The van der Waals surface area contributed by atoms with Crippen LogP contribution in [0, 0.1) is 0 Å². The van der Waals surface area contributed by atoms with Gasteiger partial charge in [-0.2, -0.15) is 10.2 Å². The number of nitrogens with one attached hydrogen (secondary N) is 1. The molecular weight excluding hydrogens is 530 g/mol. The van der Waals surface area contributed by atoms with E-state index in [1.54, 1.807) is 7.05 Å². The molecule has 2 aromatic carbocycles. The molecule has 0 spiro atoms. The van der Waals surface area contributed by atoms with Crippen LogP contribution in [-0.2, 0) is 16.1 Å². The van der Waals surface area contributed by atoms with Crippen LogP contribution in [0.2, 0.25) is 0 Å². The average Bonchev–Trinajstić information content (AvgIpc) is 3.41. The molecule has 3 unspecified atom stereocenters. The molecule has 1 amide bonds. The van der Waals surface area contributed by atoms with Crippen molar-refractivity contribution >= 4 is 34.6 Å². The molecule has 220 valence electrons. The fraction of sp³-hybridized carbons (Fsp3) is 0.419. The second kappa shape index (κ2) is 12.0. The SMILES string of the molecule is CNCC(=O)N1CCN2CC(C(C)N3N=CN=C(N)/C3=C(/C)c3ccc4cn(Cc5ccccc5)nc4c3)OCC2C1. The minimum Gasteiger partial charge on any atom is -0.382 e. The highest BCUT2D eigenvalue weighted by atomic mass is 16.5. The van der Waals surface area contributed by atoms with Gasteiger partial charge in [0, 0.05) is 37.8 Å². The largest absolute Gasteiger partial charge is 0.382 e. The maximum Gasteiger partial charge on any atom is 0.236 e. The van der Waals surface area contributed by atoms with E-state index in [1.165, 1.54) is 11.9 Å². The molecule has 2 fully saturated rings. The van der Waals surface area contributed by atoms with Crippen molar-refractivity contribution < 1.29 is 9.53 Å². The molecule has 1 aromatic heterocycles. The summed E-state index contributed by atoms with van der Waals surface area (Å²) in [5.74, 6) is 0.561. The average molecular weight is 570 g/mol. The third-order valence-corrected chi connectivity index (χ3v) is 8.50. The summed E-state index contributed by atoms with van der Waals surface area (Å²) in [5.41, 5.74) is 11.4. The second-order valence-electron chi connectivity index (χ2n) is 11.3. The maximum absolute atomic E-state index is 12.4. The Morgan fingerprint density at radius 1 is 1.17 bits per heavy atom. The summed E-state index contributed by atoms with van der Waals surface area (Å²) in [6, 6.07) is 16.7. The Balaban J connectivity index is 1.20. The molecule has 11 heteroatoms. The molecule has 0 aliphatic carbocycles. The first kappa shape index (κ1) is 28.1. The summed E-state index contributed by atoms with van der Waals surface area (Å²) in [7, 11) is 1.80. The summed E-state index contributed by atoms with van der Waals surface area (Å²) in [6.07, 6.45) is 3.51. The number of nitrogens with two attached hydrogens (primary N) is 1. The Morgan fingerprint density at radius 2 is 2.00 bits per heavy atom. The lowest BCUT2D eigenvalue weighted by Crippen LogP contribution is -2.63. The number of hydrazone groups is 1. The Kier molecular flexibility index (Phi) is 8.05. The van der Waals surface area contributed by atoms with Crippen LogP contribution in [0.1, 0.15) is 25.0 Å². The molecule has 11 nitrogen and oxygen atoms in total. The van der Waals surface area contributed by atoms with Crippen molar-refractivity contribution in [2.75, 3.05) is 46.4 Å². The number of amides is 1. The number of hydrogen-bond donors (Lipinski definition) is 2. The topological polar surface area (TPSA) is 117 Å². The third kappa shape index (κ3) is 5.67. The normalized spacial score (nSPS) is 23.1. The number of ether oxygens (including phenoxy) is 1. The Bertz CT molecular complexity index is 1530. The summed E-state index contributed by atoms with van der Waals surface area (Å²) < 4.78 is 8.38. The minimum absolute atomic E-state index is 0.0807. The molecule has 3 N–H and O–H groups in total. The second-order valence-corrected chi connectivity index (χ2v) is 11.3. The number of piperazine rings is 1. The fourth-order valence-electron chi connectivity index (χ4n) is 6.09. The number of hydrogen-bond acceptors (Lipinski definition) is 9. The van der Waals surface area contributed by atoms with Gasteiger partial charge in [-0.25, -0.2) is 4.99 Å². The van der Waals surface area contributed by atoms with Crippen molar-refractivity contribution in [1.29, 1.82) is 0 Å². The zero-order chi connectivity index (χ0) is 29.2. The van der Waals surface area contributed by atoms with Crippen LogP contribution in [0.3, 0.4) is 0 Å². The molecule has 3 atom stereocenters. The number of nitrogens with zero attached hydrogens (tertiary/aromatic N) is 7. The predicted molar refractivity (Wildman–Crippen MR) is 165 cm³/mol. The first-order valence-electron chi connectivity index (χ1n) is 14.6. The zero-order valence-corrected chi connectivity index (χ0v) is 24.5. The van der Waals surface area contributed by atoms with E-state index in [0.29, 0.717) is 32.1 Å². The summed E-state index contributed by atoms with van der Waals surface area (Å²) in [4.78, 5) is 21.1. The van der Waals surface area contributed by atoms with Crippen molar-refractivity contribution in [2.24, 2.45) is 15.8 Å². The van der Waals surface area contributed by atoms with E-state index in [4.69, 9.17) is 15.6 Å². The van der Waals surface area contributed by atoms with Crippen LogP contribution in [0.15, 0.2) is 70.5 Å². The first-order valence-corrected chi connectivity index (χ1v) is 14.6. The number of carbonyl (C=O) groups excluding carboxylic acids is 1. The van der Waals surface area contributed by atoms with Crippen molar-refractivity contribution in [1.82, 2.24) is 29.9 Å². The number of aliphatic imine (C=N–C) groups is 1. The predicted octanol–water partition coefficient (Wildman–Crippen LogP) is 1.95. The molecule has 42 heavy (non-hydrogen) atoms. The van der Waals surface area contributed by atoms with Crippen LogP contribution in [0.5, 0.6) is 0 Å². The molecule has 0 saturated carbocycles. The number of aromatic nitrogens is 2. The van der Waals surface area contributed by atoms with Gasteiger partial charge >= 0.3 is 0 Å². The number of benzene rings is 2. The summed E-state index contributed by atoms with van der Waals surface area (Å²) in [5, 5.41) is 15.5. The van der Waals surface area contributed by atoms with E-state index >= 15 is 0 Å². The Morgan fingerprint density at radius 3 is 2.81 bits per heavy atom. The molecule has 3 aliphatic rings. The lowest BCUT2D eigenvalue weighted by molar-refractivity contribution is -0.141.